The SMILES string of the molecule is O=C(c1ccc(F)cc1)c1ccc(OCC2CC2)cc1. The number of rotatable bonds is 5. The Morgan fingerprint density at radius 2 is 1.55 bits per heavy atom. The van der Waals surface area contributed by atoms with E-state index < -0.39 is 0 Å². The molecule has 20 heavy (non-hydrogen) atoms. The molecule has 102 valence electrons. The van der Waals surface area contributed by atoms with E-state index in [1.54, 1.807) is 24.3 Å². The number of hydrogen-bond acceptors (Lipinski definition) is 2. The smallest absolute Gasteiger partial charge is 0.193 e. The zero-order valence-corrected chi connectivity index (χ0v) is 11.0. The van der Waals surface area contributed by atoms with Crippen molar-refractivity contribution in [3.8, 4) is 5.75 Å². The van der Waals surface area contributed by atoms with Crippen LogP contribution in [0.25, 0.3) is 0 Å². The average Bonchev–Trinajstić information content (AvgIpc) is 3.30. The molecule has 2 aromatic rings. The number of ether oxygens (including phenoxy) is 1. The van der Waals surface area contributed by atoms with Crippen molar-refractivity contribution in [3.63, 3.8) is 0 Å². The molecule has 3 heteroatoms. The number of carbonyl (C=O) groups is 1. The van der Waals surface area contributed by atoms with E-state index in [1.165, 1.54) is 37.1 Å². The summed E-state index contributed by atoms with van der Waals surface area (Å²) in [4.78, 5) is 12.2. The van der Waals surface area contributed by atoms with Crippen LogP contribution in [0.2, 0.25) is 0 Å². The van der Waals surface area contributed by atoms with Crippen molar-refractivity contribution in [1.82, 2.24) is 0 Å². The molecule has 0 radical (unpaired) electrons. The molecule has 1 saturated carbocycles. The fourth-order valence-electron chi connectivity index (χ4n) is 1.97. The minimum absolute atomic E-state index is 0.112. The van der Waals surface area contributed by atoms with Gasteiger partial charge in [-0.15, -0.1) is 0 Å². The third-order valence-corrected chi connectivity index (χ3v) is 3.41. The van der Waals surface area contributed by atoms with Crippen LogP contribution in [0.15, 0.2) is 48.5 Å². The molecule has 0 unspecified atom stereocenters. The molecule has 0 aliphatic heterocycles. The molecule has 0 aromatic heterocycles. The van der Waals surface area contributed by atoms with Crippen molar-refractivity contribution < 1.29 is 13.9 Å². The summed E-state index contributed by atoms with van der Waals surface area (Å²) in [5.41, 5.74) is 1.06. The standard InChI is InChI=1S/C17H15FO2/c18-15-7-3-13(4-8-15)17(19)14-5-9-16(10-6-14)20-11-12-1-2-12/h3-10,12H,1-2,11H2. The number of carbonyl (C=O) groups excluding carboxylic acids is 1. The summed E-state index contributed by atoms with van der Waals surface area (Å²) in [7, 11) is 0. The zero-order chi connectivity index (χ0) is 13.9. The van der Waals surface area contributed by atoms with Gasteiger partial charge in [0.2, 0.25) is 0 Å². The Hall–Kier alpha value is -2.16. The highest BCUT2D eigenvalue weighted by atomic mass is 19.1. The van der Waals surface area contributed by atoms with E-state index in [9.17, 15) is 9.18 Å². The summed E-state index contributed by atoms with van der Waals surface area (Å²) in [5, 5.41) is 0. The van der Waals surface area contributed by atoms with Crippen molar-refractivity contribution in [2.75, 3.05) is 6.61 Å². The van der Waals surface area contributed by atoms with E-state index in [0.29, 0.717) is 17.0 Å². The largest absolute Gasteiger partial charge is 0.493 e. The van der Waals surface area contributed by atoms with Crippen molar-refractivity contribution in [3.05, 3.63) is 65.5 Å². The molecule has 1 aliphatic rings. The first-order chi connectivity index (χ1) is 9.72. The van der Waals surface area contributed by atoms with Crippen LogP contribution in [-0.4, -0.2) is 12.4 Å². The molecule has 0 amide bonds. The zero-order valence-electron chi connectivity index (χ0n) is 11.0. The molecule has 2 aromatic carbocycles. The number of hydrogen-bond donors (Lipinski definition) is 0. The lowest BCUT2D eigenvalue weighted by Crippen LogP contribution is -2.02. The third-order valence-electron chi connectivity index (χ3n) is 3.41. The van der Waals surface area contributed by atoms with Crippen LogP contribution in [0.1, 0.15) is 28.8 Å². The fraction of sp³-hybridized carbons (Fsp3) is 0.235. The maximum atomic E-state index is 12.8. The second kappa shape index (κ2) is 5.45. The van der Waals surface area contributed by atoms with Gasteiger partial charge in [0.25, 0.3) is 0 Å². The summed E-state index contributed by atoms with van der Waals surface area (Å²) < 4.78 is 18.5. The maximum Gasteiger partial charge on any atom is 0.193 e. The van der Waals surface area contributed by atoms with Gasteiger partial charge in [-0.3, -0.25) is 4.79 Å². The summed E-state index contributed by atoms with van der Waals surface area (Å²) in [6.07, 6.45) is 2.50. The molecule has 0 heterocycles. The Balaban J connectivity index is 1.69. The molecule has 0 atom stereocenters. The highest BCUT2D eigenvalue weighted by molar-refractivity contribution is 6.08. The first-order valence-electron chi connectivity index (χ1n) is 6.75. The molecule has 3 rings (SSSR count). The lowest BCUT2D eigenvalue weighted by Gasteiger charge is -2.06. The maximum absolute atomic E-state index is 12.8. The van der Waals surface area contributed by atoms with Crippen molar-refractivity contribution in [2.24, 2.45) is 5.92 Å². The van der Waals surface area contributed by atoms with Gasteiger partial charge in [0.1, 0.15) is 11.6 Å². The van der Waals surface area contributed by atoms with Gasteiger partial charge in [0.15, 0.2) is 5.78 Å². The second-order valence-corrected chi connectivity index (χ2v) is 5.11. The van der Waals surface area contributed by atoms with Crippen molar-refractivity contribution >= 4 is 5.78 Å². The lowest BCUT2D eigenvalue weighted by atomic mass is 10.0. The van der Waals surface area contributed by atoms with Gasteiger partial charge in [-0.05, 0) is 67.3 Å². The Labute approximate surface area is 117 Å². The van der Waals surface area contributed by atoms with Gasteiger partial charge >= 0.3 is 0 Å². The van der Waals surface area contributed by atoms with Crippen LogP contribution in [0, 0.1) is 11.7 Å². The van der Waals surface area contributed by atoms with Gasteiger partial charge in [-0.25, -0.2) is 4.39 Å². The van der Waals surface area contributed by atoms with Crippen LogP contribution in [0.3, 0.4) is 0 Å². The average molecular weight is 270 g/mol. The summed E-state index contributed by atoms with van der Waals surface area (Å²) in [6, 6.07) is 12.7. The molecule has 1 aliphatic carbocycles. The minimum atomic E-state index is -0.342. The van der Waals surface area contributed by atoms with E-state index in [2.05, 4.69) is 0 Å². The van der Waals surface area contributed by atoms with Gasteiger partial charge in [0.05, 0.1) is 6.61 Å². The van der Waals surface area contributed by atoms with Gasteiger partial charge in [0, 0.05) is 11.1 Å². The van der Waals surface area contributed by atoms with Crippen LogP contribution >= 0.6 is 0 Å². The van der Waals surface area contributed by atoms with E-state index in [1.807, 2.05) is 0 Å². The summed E-state index contributed by atoms with van der Waals surface area (Å²) >= 11 is 0. The fourth-order valence-corrected chi connectivity index (χ4v) is 1.97. The molecule has 1 fully saturated rings. The Morgan fingerprint density at radius 3 is 2.10 bits per heavy atom. The summed E-state index contributed by atoms with van der Waals surface area (Å²) in [5.74, 6) is 1.03. The minimum Gasteiger partial charge on any atom is -0.493 e. The van der Waals surface area contributed by atoms with Gasteiger partial charge in [-0.2, -0.15) is 0 Å². The van der Waals surface area contributed by atoms with Crippen molar-refractivity contribution in [1.29, 1.82) is 0 Å². The van der Waals surface area contributed by atoms with E-state index in [0.717, 1.165) is 12.4 Å². The molecule has 0 spiro atoms. The van der Waals surface area contributed by atoms with Crippen LogP contribution in [-0.2, 0) is 0 Å². The van der Waals surface area contributed by atoms with Crippen LogP contribution < -0.4 is 4.74 Å². The first-order valence-corrected chi connectivity index (χ1v) is 6.75. The van der Waals surface area contributed by atoms with E-state index >= 15 is 0 Å². The number of halogens is 1. The summed E-state index contributed by atoms with van der Waals surface area (Å²) in [6.45, 7) is 0.755. The highest BCUT2D eigenvalue weighted by Gasteiger charge is 2.21. The molecule has 2 nitrogen and oxygen atoms in total. The van der Waals surface area contributed by atoms with Gasteiger partial charge < -0.3 is 4.74 Å². The Morgan fingerprint density at radius 1 is 1.00 bits per heavy atom. The quantitative estimate of drug-likeness (QED) is 0.771. The van der Waals surface area contributed by atoms with Crippen LogP contribution in [0.4, 0.5) is 4.39 Å². The van der Waals surface area contributed by atoms with Crippen LogP contribution in [0.5, 0.6) is 5.75 Å². The molecule has 0 N–H and O–H groups in total. The molecule has 0 saturated heterocycles. The predicted molar refractivity (Wildman–Crippen MR) is 74.5 cm³/mol. The topological polar surface area (TPSA) is 26.3 Å². The number of ketones is 1. The van der Waals surface area contributed by atoms with Gasteiger partial charge in [-0.1, -0.05) is 0 Å². The monoisotopic (exact) mass is 270 g/mol. The highest BCUT2D eigenvalue weighted by Crippen LogP contribution is 2.29. The van der Waals surface area contributed by atoms with E-state index in [4.69, 9.17) is 4.74 Å². The Kier molecular flexibility index (Phi) is 3.50. The molecular formula is C17H15FO2. The Bertz CT molecular complexity index is 598. The lowest BCUT2D eigenvalue weighted by molar-refractivity contribution is 0.103. The number of benzene rings is 2. The molecular weight excluding hydrogens is 255 g/mol. The third kappa shape index (κ3) is 3.05. The first kappa shape index (κ1) is 12.9. The predicted octanol–water partition coefficient (Wildman–Crippen LogP) is 3.85. The molecule has 0 bridgehead atoms. The van der Waals surface area contributed by atoms with Crippen molar-refractivity contribution in [2.45, 2.75) is 12.8 Å². The van der Waals surface area contributed by atoms with E-state index in [-0.39, 0.29) is 11.6 Å². The normalized spacial score (nSPS) is 14.1. The second-order valence-electron chi connectivity index (χ2n) is 5.11.